The number of hydrazone groups is 1. The predicted octanol–water partition coefficient (Wildman–Crippen LogP) is 5.73. The fraction of sp³-hybridized carbons (Fsp3) is 0.250. The Hall–Kier alpha value is -3.17. The molecule has 1 N–H and O–H groups in total. The van der Waals surface area contributed by atoms with Gasteiger partial charge in [-0.05, 0) is 48.5 Å². The average molecular weight is 501 g/mol. The van der Waals surface area contributed by atoms with Crippen LogP contribution in [-0.2, 0) is 11.4 Å². The molecule has 1 amide bonds. The molecular weight excluding hydrogens is 479 g/mol. The van der Waals surface area contributed by atoms with Crippen molar-refractivity contribution in [3.8, 4) is 11.5 Å². The van der Waals surface area contributed by atoms with Crippen LogP contribution >= 0.6 is 23.4 Å². The van der Waals surface area contributed by atoms with E-state index in [1.807, 2.05) is 20.8 Å². The van der Waals surface area contributed by atoms with Crippen molar-refractivity contribution in [2.24, 2.45) is 16.0 Å². The van der Waals surface area contributed by atoms with E-state index >= 15 is 0 Å². The van der Waals surface area contributed by atoms with Gasteiger partial charge in [-0.1, -0.05) is 43.6 Å². The van der Waals surface area contributed by atoms with Gasteiger partial charge in [0.05, 0.1) is 17.2 Å². The van der Waals surface area contributed by atoms with E-state index in [1.165, 1.54) is 28.9 Å². The van der Waals surface area contributed by atoms with Gasteiger partial charge in [-0.25, -0.2) is 4.39 Å². The number of ether oxygens (including phenoxy) is 2. The topological polar surface area (TPSA) is 87.3 Å². The van der Waals surface area contributed by atoms with Crippen LogP contribution in [0.1, 0.15) is 31.9 Å². The van der Waals surface area contributed by atoms with Gasteiger partial charge in [-0.15, -0.1) is 0 Å². The second-order valence-corrected chi connectivity index (χ2v) is 9.15. The molecule has 34 heavy (non-hydrogen) atoms. The molecule has 0 unspecified atom stereocenters. The number of aliphatic imine (C=N–C) groups is 1. The number of rotatable bonds is 7. The number of nitrogens with zero attached hydrogens (tertiary/aromatic N) is 3. The number of carbonyl (C=O) groups is 1. The average Bonchev–Trinajstić information content (AvgIpc) is 3.22. The maximum absolute atomic E-state index is 14.0. The molecule has 0 aromatic heterocycles. The first-order chi connectivity index (χ1) is 16.3. The van der Waals surface area contributed by atoms with Crippen molar-refractivity contribution in [1.82, 2.24) is 5.01 Å². The van der Waals surface area contributed by atoms with Crippen LogP contribution in [0.15, 0.2) is 52.1 Å². The molecule has 176 valence electrons. The zero-order valence-corrected chi connectivity index (χ0v) is 20.3. The number of carbonyl (C=O) groups excluding carboxylic acids is 1. The summed E-state index contributed by atoms with van der Waals surface area (Å²) in [5, 5.41) is 15.7. The molecule has 4 rings (SSSR count). The van der Waals surface area contributed by atoms with E-state index in [0.717, 1.165) is 5.04 Å². The number of thioether (sulfide) groups is 1. The smallest absolute Gasteiger partial charge is 0.283 e. The van der Waals surface area contributed by atoms with Gasteiger partial charge in [0.2, 0.25) is 5.17 Å². The van der Waals surface area contributed by atoms with Crippen LogP contribution in [0.4, 0.5) is 4.39 Å². The van der Waals surface area contributed by atoms with Gasteiger partial charge in [0, 0.05) is 11.5 Å². The Morgan fingerprint density at radius 2 is 2.03 bits per heavy atom. The highest BCUT2D eigenvalue weighted by molar-refractivity contribution is 8.27. The number of benzene rings is 2. The van der Waals surface area contributed by atoms with Crippen molar-refractivity contribution in [3.63, 3.8) is 0 Å². The fourth-order valence-electron chi connectivity index (χ4n) is 3.25. The third-order valence-electron chi connectivity index (χ3n) is 4.94. The van der Waals surface area contributed by atoms with Gasteiger partial charge in [-0.3, -0.25) is 10.2 Å². The Balaban J connectivity index is 1.64. The summed E-state index contributed by atoms with van der Waals surface area (Å²) < 4.78 is 25.5. The first-order valence-corrected chi connectivity index (χ1v) is 11.8. The molecule has 0 atom stereocenters. The standard InChI is InChI=1S/C24H22ClFN4O3S/c1-4-32-19-11-14(10-17(25)20(19)33-12-15-7-5-6-8-18(15)26)9-16-21(27)30-24(28-22(16)31)34-23(29-30)13(2)3/h5-11,13,27H,4,12H2,1-3H3/b16-9-,27-21?. The quantitative estimate of drug-likeness (QED) is 0.490. The molecular formula is C24H22ClFN4O3S. The molecule has 10 heteroatoms. The van der Waals surface area contributed by atoms with Gasteiger partial charge in [-0.2, -0.15) is 15.1 Å². The summed E-state index contributed by atoms with van der Waals surface area (Å²) in [6.07, 6.45) is 1.52. The molecule has 0 saturated carbocycles. The van der Waals surface area contributed by atoms with Crippen LogP contribution in [0.5, 0.6) is 11.5 Å². The molecule has 7 nitrogen and oxygen atoms in total. The molecule has 2 aromatic rings. The Kier molecular flexibility index (Phi) is 7.04. The highest BCUT2D eigenvalue weighted by Crippen LogP contribution is 2.38. The predicted molar refractivity (Wildman–Crippen MR) is 133 cm³/mol. The molecule has 0 bridgehead atoms. The minimum Gasteiger partial charge on any atom is -0.490 e. The Morgan fingerprint density at radius 1 is 1.26 bits per heavy atom. The van der Waals surface area contributed by atoms with Crippen molar-refractivity contribution in [2.45, 2.75) is 27.4 Å². The lowest BCUT2D eigenvalue weighted by molar-refractivity contribution is -0.114. The summed E-state index contributed by atoms with van der Waals surface area (Å²) in [5.74, 6) is -0.214. The van der Waals surface area contributed by atoms with Crippen molar-refractivity contribution in [3.05, 3.63) is 63.9 Å². The van der Waals surface area contributed by atoms with Crippen molar-refractivity contribution < 1.29 is 18.7 Å². The number of halogens is 2. The lowest BCUT2D eigenvalue weighted by Gasteiger charge is -2.20. The van der Waals surface area contributed by atoms with Crippen LogP contribution in [0.3, 0.4) is 0 Å². The second-order valence-electron chi connectivity index (χ2n) is 7.76. The fourth-order valence-corrected chi connectivity index (χ4v) is 4.41. The molecule has 0 saturated heterocycles. The molecule has 2 aromatic carbocycles. The third kappa shape index (κ3) is 4.85. The second kappa shape index (κ2) is 9.99. The minimum absolute atomic E-state index is 0.0314. The van der Waals surface area contributed by atoms with Crippen LogP contribution in [0, 0.1) is 17.1 Å². The van der Waals surface area contributed by atoms with Crippen LogP contribution in [-0.4, -0.2) is 33.6 Å². The highest BCUT2D eigenvalue weighted by atomic mass is 35.5. The number of hydrogen-bond acceptors (Lipinski definition) is 6. The lowest BCUT2D eigenvalue weighted by Crippen LogP contribution is -2.35. The van der Waals surface area contributed by atoms with Crippen LogP contribution < -0.4 is 9.47 Å². The number of fused-ring (bicyclic) bond motifs is 1. The van der Waals surface area contributed by atoms with E-state index in [4.69, 9.17) is 26.5 Å². The van der Waals surface area contributed by atoms with E-state index < -0.39 is 5.91 Å². The molecule has 0 radical (unpaired) electrons. The highest BCUT2D eigenvalue weighted by Gasteiger charge is 2.36. The Bertz CT molecular complexity index is 1260. The van der Waals surface area contributed by atoms with Gasteiger partial charge in [0.15, 0.2) is 17.3 Å². The van der Waals surface area contributed by atoms with Crippen LogP contribution in [0.25, 0.3) is 6.08 Å². The van der Waals surface area contributed by atoms with E-state index in [0.29, 0.717) is 28.7 Å². The molecule has 0 spiro atoms. The molecule has 0 aliphatic carbocycles. The van der Waals surface area contributed by atoms with Gasteiger partial charge in [0.1, 0.15) is 17.5 Å². The number of hydrogen-bond donors (Lipinski definition) is 1. The van der Waals surface area contributed by atoms with Crippen LogP contribution in [0.2, 0.25) is 5.02 Å². The summed E-state index contributed by atoms with van der Waals surface area (Å²) in [5.41, 5.74) is 0.988. The summed E-state index contributed by atoms with van der Waals surface area (Å²) in [4.78, 5) is 16.8. The molecule has 2 aliphatic rings. The first kappa shape index (κ1) is 24.0. The van der Waals surface area contributed by atoms with Crippen molar-refractivity contribution in [2.75, 3.05) is 6.61 Å². The van der Waals surface area contributed by atoms with Crippen molar-refractivity contribution in [1.29, 1.82) is 5.41 Å². The number of amidine groups is 2. The largest absolute Gasteiger partial charge is 0.490 e. The molecule has 2 heterocycles. The van der Waals surface area contributed by atoms with E-state index in [-0.39, 0.29) is 40.5 Å². The maximum atomic E-state index is 14.0. The monoisotopic (exact) mass is 500 g/mol. The lowest BCUT2D eigenvalue weighted by atomic mass is 10.1. The number of nitrogens with one attached hydrogen (secondary N) is 1. The SMILES string of the molecule is CCOc1cc(/C=C2/C(=N)N3N=C(C(C)C)SC3=NC2=O)cc(Cl)c1OCc1ccccc1F. The van der Waals surface area contributed by atoms with Gasteiger partial charge >= 0.3 is 0 Å². The maximum Gasteiger partial charge on any atom is 0.283 e. The normalized spacial score (nSPS) is 16.6. The zero-order valence-electron chi connectivity index (χ0n) is 18.8. The molecule has 2 aliphatic heterocycles. The minimum atomic E-state index is -0.530. The summed E-state index contributed by atoms with van der Waals surface area (Å²) in [7, 11) is 0. The van der Waals surface area contributed by atoms with E-state index in [2.05, 4.69) is 10.1 Å². The van der Waals surface area contributed by atoms with Gasteiger partial charge in [0.25, 0.3) is 5.91 Å². The number of amides is 1. The van der Waals surface area contributed by atoms with Gasteiger partial charge < -0.3 is 9.47 Å². The Morgan fingerprint density at radius 3 is 2.74 bits per heavy atom. The van der Waals surface area contributed by atoms with E-state index in [1.54, 1.807) is 30.3 Å². The summed E-state index contributed by atoms with van der Waals surface area (Å²) in [6, 6.07) is 9.55. The first-order valence-electron chi connectivity index (χ1n) is 10.6. The summed E-state index contributed by atoms with van der Waals surface area (Å²) >= 11 is 7.77. The third-order valence-corrected chi connectivity index (χ3v) is 6.43. The molecule has 0 fully saturated rings. The van der Waals surface area contributed by atoms with Crippen molar-refractivity contribution >= 4 is 51.4 Å². The Labute approximate surface area is 205 Å². The zero-order chi connectivity index (χ0) is 24.4. The van der Waals surface area contributed by atoms with E-state index in [9.17, 15) is 9.18 Å². The summed E-state index contributed by atoms with van der Waals surface area (Å²) in [6.45, 7) is 6.09.